The normalized spacial score (nSPS) is 11.4. The molecular formula is C14H20N4O2. The Hall–Kier alpha value is -2.11. The molecule has 0 amide bonds. The van der Waals surface area contributed by atoms with E-state index in [1.807, 2.05) is 0 Å². The van der Waals surface area contributed by atoms with E-state index >= 15 is 0 Å². The van der Waals surface area contributed by atoms with Crippen LogP contribution in [0.25, 0.3) is 11.2 Å². The summed E-state index contributed by atoms with van der Waals surface area (Å²) in [6.45, 7) is 10.3. The zero-order chi connectivity index (χ0) is 14.9. The number of rotatable bonds is 5. The number of nitrogens with zero attached hydrogens (tertiary/aromatic N) is 3. The van der Waals surface area contributed by atoms with Gasteiger partial charge in [-0.15, -0.1) is 6.58 Å². The van der Waals surface area contributed by atoms with Crippen molar-refractivity contribution in [1.82, 2.24) is 19.1 Å². The molecule has 0 spiro atoms. The smallest absolute Gasteiger partial charge is 0.333 e. The summed E-state index contributed by atoms with van der Waals surface area (Å²) in [5, 5.41) is 0. The molecule has 0 fully saturated rings. The van der Waals surface area contributed by atoms with Crippen LogP contribution in [-0.4, -0.2) is 19.1 Å². The van der Waals surface area contributed by atoms with Crippen LogP contribution in [0.1, 0.15) is 26.1 Å². The number of hydrogen-bond acceptors (Lipinski definition) is 3. The van der Waals surface area contributed by atoms with E-state index in [0.29, 0.717) is 29.5 Å². The minimum atomic E-state index is -0.341. The molecule has 0 aromatic carbocycles. The number of nitrogens with one attached hydrogen (secondary N) is 1. The largest absolute Gasteiger partial charge is 0.336 e. The van der Waals surface area contributed by atoms with Gasteiger partial charge in [-0.05, 0) is 19.3 Å². The third-order valence-corrected chi connectivity index (χ3v) is 3.22. The van der Waals surface area contributed by atoms with Crippen molar-refractivity contribution in [3.05, 3.63) is 39.3 Å². The second kappa shape index (κ2) is 5.48. The van der Waals surface area contributed by atoms with Crippen LogP contribution in [0.4, 0.5) is 0 Å². The lowest BCUT2D eigenvalue weighted by Gasteiger charge is -2.11. The molecule has 20 heavy (non-hydrogen) atoms. The quantitative estimate of drug-likeness (QED) is 0.840. The summed E-state index contributed by atoms with van der Waals surface area (Å²) < 4.78 is 2.76. The molecule has 0 radical (unpaired) electrons. The standard InChI is InChI=1S/C14H20N4O2/c1-5-7-18-13(19)11-12(16-10(4)15-11)17(14(18)20)8-6-9(2)3/h5,9H,1,6-8H2,2-4H3,(H,15,16). The van der Waals surface area contributed by atoms with Crippen LogP contribution in [0.3, 0.4) is 0 Å². The fraction of sp³-hybridized carbons (Fsp3) is 0.500. The Balaban J connectivity index is 2.72. The number of imidazole rings is 1. The van der Waals surface area contributed by atoms with E-state index in [9.17, 15) is 9.59 Å². The molecule has 0 bridgehead atoms. The van der Waals surface area contributed by atoms with Crippen molar-refractivity contribution >= 4 is 11.2 Å². The third-order valence-electron chi connectivity index (χ3n) is 3.22. The van der Waals surface area contributed by atoms with E-state index in [-0.39, 0.29) is 17.8 Å². The minimum Gasteiger partial charge on any atom is -0.336 e. The molecule has 0 aliphatic heterocycles. The molecule has 6 heteroatoms. The van der Waals surface area contributed by atoms with Gasteiger partial charge < -0.3 is 4.98 Å². The first-order valence-corrected chi connectivity index (χ1v) is 6.76. The first-order valence-electron chi connectivity index (χ1n) is 6.76. The molecule has 0 saturated carbocycles. The lowest BCUT2D eigenvalue weighted by atomic mass is 10.1. The van der Waals surface area contributed by atoms with Gasteiger partial charge in [0.1, 0.15) is 11.3 Å². The van der Waals surface area contributed by atoms with Crippen molar-refractivity contribution in [2.75, 3.05) is 0 Å². The number of aromatic amines is 1. The Morgan fingerprint density at radius 1 is 1.35 bits per heavy atom. The molecule has 108 valence electrons. The summed E-state index contributed by atoms with van der Waals surface area (Å²) in [4.78, 5) is 31.9. The van der Waals surface area contributed by atoms with Gasteiger partial charge in [-0.2, -0.15) is 0 Å². The van der Waals surface area contributed by atoms with Gasteiger partial charge >= 0.3 is 5.69 Å². The van der Waals surface area contributed by atoms with Crippen molar-refractivity contribution in [2.24, 2.45) is 5.92 Å². The van der Waals surface area contributed by atoms with Gasteiger partial charge in [0, 0.05) is 13.1 Å². The van der Waals surface area contributed by atoms with Crippen LogP contribution in [0.5, 0.6) is 0 Å². The maximum atomic E-state index is 12.4. The maximum absolute atomic E-state index is 12.4. The van der Waals surface area contributed by atoms with Crippen LogP contribution in [0.15, 0.2) is 22.2 Å². The summed E-state index contributed by atoms with van der Waals surface area (Å²) in [5.74, 6) is 1.10. The highest BCUT2D eigenvalue weighted by atomic mass is 16.2. The molecule has 0 unspecified atom stereocenters. The fourth-order valence-electron chi connectivity index (χ4n) is 2.16. The number of aromatic nitrogens is 4. The SMILES string of the molecule is C=CCn1c(=O)c2[nH]c(C)nc2n(CCC(C)C)c1=O. The maximum Gasteiger partial charge on any atom is 0.333 e. The Morgan fingerprint density at radius 3 is 2.65 bits per heavy atom. The summed E-state index contributed by atoms with van der Waals surface area (Å²) in [6, 6.07) is 0. The van der Waals surface area contributed by atoms with Crippen LogP contribution in [0.2, 0.25) is 0 Å². The van der Waals surface area contributed by atoms with Crippen molar-refractivity contribution in [2.45, 2.75) is 40.3 Å². The second-order valence-electron chi connectivity index (χ2n) is 5.34. The highest BCUT2D eigenvalue weighted by Gasteiger charge is 2.15. The molecule has 2 heterocycles. The van der Waals surface area contributed by atoms with Crippen molar-refractivity contribution in [1.29, 1.82) is 0 Å². The van der Waals surface area contributed by atoms with E-state index in [2.05, 4.69) is 30.4 Å². The molecule has 0 atom stereocenters. The predicted molar refractivity (Wildman–Crippen MR) is 79.0 cm³/mol. The van der Waals surface area contributed by atoms with Crippen LogP contribution >= 0.6 is 0 Å². The van der Waals surface area contributed by atoms with Crippen LogP contribution in [0, 0.1) is 12.8 Å². The highest BCUT2D eigenvalue weighted by molar-refractivity contribution is 5.69. The van der Waals surface area contributed by atoms with Crippen LogP contribution in [-0.2, 0) is 13.1 Å². The summed E-state index contributed by atoms with van der Waals surface area (Å²) in [5.41, 5.74) is 0.159. The fourth-order valence-corrected chi connectivity index (χ4v) is 2.16. The van der Waals surface area contributed by atoms with Crippen molar-refractivity contribution in [3.63, 3.8) is 0 Å². The van der Waals surface area contributed by atoms with Crippen molar-refractivity contribution in [3.8, 4) is 0 Å². The summed E-state index contributed by atoms with van der Waals surface area (Å²) in [7, 11) is 0. The highest BCUT2D eigenvalue weighted by Crippen LogP contribution is 2.08. The zero-order valence-electron chi connectivity index (χ0n) is 12.1. The van der Waals surface area contributed by atoms with E-state index in [4.69, 9.17) is 0 Å². The predicted octanol–water partition coefficient (Wildman–Crippen LogP) is 1.43. The van der Waals surface area contributed by atoms with Gasteiger partial charge in [-0.3, -0.25) is 13.9 Å². The topological polar surface area (TPSA) is 72.7 Å². The van der Waals surface area contributed by atoms with E-state index in [1.165, 1.54) is 4.57 Å². The van der Waals surface area contributed by atoms with Gasteiger partial charge in [0.15, 0.2) is 5.65 Å². The number of fused-ring (bicyclic) bond motifs is 1. The van der Waals surface area contributed by atoms with Gasteiger partial charge in [-0.1, -0.05) is 19.9 Å². The van der Waals surface area contributed by atoms with E-state index in [0.717, 1.165) is 6.42 Å². The molecule has 0 aliphatic rings. The van der Waals surface area contributed by atoms with Crippen molar-refractivity contribution < 1.29 is 0 Å². The Bertz CT molecular complexity index is 749. The van der Waals surface area contributed by atoms with E-state index in [1.54, 1.807) is 17.6 Å². The molecule has 2 aromatic heterocycles. The zero-order valence-corrected chi connectivity index (χ0v) is 12.1. The van der Waals surface area contributed by atoms with Gasteiger partial charge in [0.2, 0.25) is 0 Å². The minimum absolute atomic E-state index is 0.202. The first kappa shape index (κ1) is 14.3. The average Bonchev–Trinajstić information content (AvgIpc) is 2.76. The number of H-pyrrole nitrogens is 1. The molecule has 1 N–H and O–H groups in total. The van der Waals surface area contributed by atoms with Gasteiger partial charge in [0.25, 0.3) is 5.56 Å². The lowest BCUT2D eigenvalue weighted by Crippen LogP contribution is -2.40. The van der Waals surface area contributed by atoms with Gasteiger partial charge in [0.05, 0.1) is 0 Å². The first-order chi connectivity index (χ1) is 9.45. The molecule has 0 aliphatic carbocycles. The Labute approximate surface area is 116 Å². The number of hydrogen-bond donors (Lipinski definition) is 1. The third kappa shape index (κ3) is 2.45. The average molecular weight is 276 g/mol. The van der Waals surface area contributed by atoms with Gasteiger partial charge in [-0.25, -0.2) is 9.78 Å². The summed E-state index contributed by atoms with van der Waals surface area (Å²) >= 11 is 0. The lowest BCUT2D eigenvalue weighted by molar-refractivity contribution is 0.496. The molecule has 2 aromatic rings. The van der Waals surface area contributed by atoms with E-state index < -0.39 is 0 Å². The Kier molecular flexibility index (Phi) is 3.92. The summed E-state index contributed by atoms with van der Waals surface area (Å²) in [6.07, 6.45) is 2.40. The van der Waals surface area contributed by atoms with Crippen LogP contribution < -0.4 is 11.2 Å². The molecule has 2 rings (SSSR count). The molecule has 0 saturated heterocycles. The molecular weight excluding hydrogens is 256 g/mol. The Morgan fingerprint density at radius 2 is 2.05 bits per heavy atom. The monoisotopic (exact) mass is 276 g/mol. The number of aryl methyl sites for hydroxylation is 2. The molecule has 6 nitrogen and oxygen atoms in total. The second-order valence-corrected chi connectivity index (χ2v) is 5.34. The number of allylic oxidation sites excluding steroid dienone is 1.